The summed E-state index contributed by atoms with van der Waals surface area (Å²) in [6.07, 6.45) is 6.22. The van der Waals surface area contributed by atoms with Crippen LogP contribution in [-0.4, -0.2) is 42.6 Å². The van der Waals surface area contributed by atoms with Crippen molar-refractivity contribution >= 4 is 19.9 Å². The van der Waals surface area contributed by atoms with E-state index in [0.29, 0.717) is 22.5 Å². The monoisotopic (exact) mass is 549 g/mol. The van der Waals surface area contributed by atoms with Crippen molar-refractivity contribution in [3.63, 3.8) is 0 Å². The normalized spacial score (nSPS) is 22.2. The molecule has 8 heteroatoms. The highest BCUT2D eigenvalue weighted by atomic mass is 28.4. The smallest absolute Gasteiger partial charge is 0.231 e. The van der Waals surface area contributed by atoms with Gasteiger partial charge >= 0.3 is 0 Å². The van der Waals surface area contributed by atoms with E-state index in [9.17, 15) is 0 Å². The van der Waals surface area contributed by atoms with Gasteiger partial charge in [0.15, 0.2) is 14.0 Å². The van der Waals surface area contributed by atoms with E-state index >= 15 is 0 Å². The third-order valence-corrected chi connectivity index (χ3v) is 15.3. The molecule has 3 atom stereocenters. The van der Waals surface area contributed by atoms with E-state index in [1.165, 1.54) is 17.5 Å². The highest BCUT2D eigenvalue weighted by Crippen LogP contribution is 2.43. The van der Waals surface area contributed by atoms with Crippen LogP contribution in [-0.2, 0) is 4.43 Å². The van der Waals surface area contributed by atoms with Gasteiger partial charge in [0.1, 0.15) is 11.9 Å². The number of hydrogen-bond donors (Lipinski definition) is 1. The van der Waals surface area contributed by atoms with Gasteiger partial charge in [-0.25, -0.2) is 0 Å². The first-order valence-corrected chi connectivity index (χ1v) is 17.1. The molecule has 0 saturated carbocycles. The Morgan fingerprint density at radius 2 is 1.64 bits per heavy atom. The van der Waals surface area contributed by atoms with Gasteiger partial charge < -0.3 is 19.8 Å². The molecule has 5 rings (SSSR count). The van der Waals surface area contributed by atoms with E-state index in [0.717, 1.165) is 56.3 Å². The van der Waals surface area contributed by atoms with Gasteiger partial charge in [-0.05, 0) is 71.5 Å². The maximum atomic E-state index is 6.99. The lowest BCUT2D eigenvalue weighted by atomic mass is 9.86. The molecule has 3 heterocycles. The van der Waals surface area contributed by atoms with Crippen LogP contribution in [0.15, 0.2) is 42.6 Å². The summed E-state index contributed by atoms with van der Waals surface area (Å²) in [5.74, 6) is 2.22. The van der Waals surface area contributed by atoms with Crippen molar-refractivity contribution in [2.75, 3.05) is 24.6 Å². The Morgan fingerprint density at radius 3 is 2.36 bits per heavy atom. The first-order valence-electron chi connectivity index (χ1n) is 15.0. The van der Waals surface area contributed by atoms with Crippen molar-refractivity contribution in [2.24, 2.45) is 11.7 Å². The highest BCUT2D eigenvalue weighted by Gasteiger charge is 2.45. The van der Waals surface area contributed by atoms with Crippen LogP contribution in [0.2, 0.25) is 16.6 Å². The zero-order chi connectivity index (χ0) is 27.7. The second-order valence-electron chi connectivity index (χ2n) is 12.6. The molecule has 0 radical (unpaired) electrons. The van der Waals surface area contributed by atoms with Crippen molar-refractivity contribution in [1.29, 1.82) is 0 Å². The van der Waals surface area contributed by atoms with Crippen molar-refractivity contribution in [3.8, 4) is 5.75 Å². The third-order valence-electron chi connectivity index (χ3n) is 9.20. The Labute approximate surface area is 235 Å². The highest BCUT2D eigenvalue weighted by molar-refractivity contribution is 6.77. The molecule has 1 aliphatic carbocycles. The maximum Gasteiger partial charge on any atom is 0.231 e. The molecule has 39 heavy (non-hydrogen) atoms. The lowest BCUT2D eigenvalue weighted by Gasteiger charge is -2.44. The van der Waals surface area contributed by atoms with Crippen LogP contribution >= 0.6 is 0 Å². The molecular weight excluding hydrogens is 502 g/mol. The summed E-state index contributed by atoms with van der Waals surface area (Å²) < 4.78 is 15.6. The van der Waals surface area contributed by atoms with Crippen LogP contribution in [0.1, 0.15) is 90.5 Å². The Bertz CT molecular complexity index is 1240. The van der Waals surface area contributed by atoms with Gasteiger partial charge in [-0.15, -0.1) is 10.2 Å². The second-order valence-corrected chi connectivity index (χ2v) is 18.1. The molecule has 1 saturated heterocycles. The van der Waals surface area contributed by atoms with Gasteiger partial charge in [0, 0.05) is 25.7 Å². The number of hydrogen-bond acceptors (Lipinski definition) is 6. The number of pyridine rings is 1. The number of nitrogens with zero attached hydrogens (tertiary/aromatic N) is 4. The van der Waals surface area contributed by atoms with E-state index in [4.69, 9.17) is 14.9 Å². The van der Waals surface area contributed by atoms with Crippen LogP contribution in [0.3, 0.4) is 0 Å². The summed E-state index contributed by atoms with van der Waals surface area (Å²) in [4.78, 5) is 2.39. The predicted molar refractivity (Wildman–Crippen MR) is 161 cm³/mol. The SMILES string of the molecule is CC(C)[Si](OC[C@@H]1CCCN(c2nnc3ccc(O[C@@H]4CC[C@H](N)c5ccccc54)cn23)C1)(C(C)C)C(C)C. The number of fused-ring (bicyclic) bond motifs is 2. The number of piperidine rings is 1. The maximum absolute atomic E-state index is 6.99. The van der Waals surface area contributed by atoms with Gasteiger partial charge in [0.2, 0.25) is 5.95 Å². The molecule has 2 aliphatic rings. The molecule has 0 spiro atoms. The zero-order valence-electron chi connectivity index (χ0n) is 24.6. The van der Waals surface area contributed by atoms with Crippen molar-refractivity contribution in [2.45, 2.75) is 96.0 Å². The lowest BCUT2D eigenvalue weighted by molar-refractivity contribution is 0.176. The molecular formula is C31H47N5O2Si. The van der Waals surface area contributed by atoms with E-state index in [2.05, 4.69) is 91.5 Å². The zero-order valence-corrected chi connectivity index (χ0v) is 25.6. The molecule has 2 aromatic heterocycles. The predicted octanol–water partition coefficient (Wildman–Crippen LogP) is 7.05. The quantitative estimate of drug-likeness (QED) is 0.288. The Morgan fingerprint density at radius 1 is 0.923 bits per heavy atom. The van der Waals surface area contributed by atoms with Gasteiger partial charge in [0.05, 0.1) is 6.20 Å². The van der Waals surface area contributed by atoms with Gasteiger partial charge in [-0.1, -0.05) is 65.8 Å². The lowest BCUT2D eigenvalue weighted by Crippen LogP contribution is -2.49. The summed E-state index contributed by atoms with van der Waals surface area (Å²) >= 11 is 0. The largest absolute Gasteiger partial charge is 0.484 e. The third kappa shape index (κ3) is 5.48. The minimum Gasteiger partial charge on any atom is -0.484 e. The van der Waals surface area contributed by atoms with E-state index in [1.54, 1.807) is 0 Å². The van der Waals surface area contributed by atoms with Crippen molar-refractivity contribution in [1.82, 2.24) is 14.6 Å². The van der Waals surface area contributed by atoms with Crippen LogP contribution in [0.25, 0.3) is 5.65 Å². The van der Waals surface area contributed by atoms with Gasteiger partial charge in [-0.3, -0.25) is 4.40 Å². The van der Waals surface area contributed by atoms with Gasteiger partial charge in [0.25, 0.3) is 0 Å². The van der Waals surface area contributed by atoms with E-state index in [-0.39, 0.29) is 12.1 Å². The minimum absolute atomic E-state index is 0.00204. The Hall–Kier alpha value is -2.42. The first kappa shape index (κ1) is 28.1. The van der Waals surface area contributed by atoms with Crippen LogP contribution in [0.5, 0.6) is 5.75 Å². The van der Waals surface area contributed by atoms with Crippen molar-refractivity contribution < 1.29 is 9.16 Å². The summed E-state index contributed by atoms with van der Waals surface area (Å²) in [7, 11) is -1.88. The Kier molecular flexibility index (Phi) is 8.36. The van der Waals surface area contributed by atoms with E-state index in [1.807, 2.05) is 12.1 Å². The molecule has 212 valence electrons. The number of anilines is 1. The summed E-state index contributed by atoms with van der Waals surface area (Å²) in [6.45, 7) is 16.9. The average molecular weight is 550 g/mol. The molecule has 0 unspecified atom stereocenters. The van der Waals surface area contributed by atoms with Crippen LogP contribution in [0.4, 0.5) is 5.95 Å². The molecule has 2 N–H and O–H groups in total. The molecule has 0 bridgehead atoms. The van der Waals surface area contributed by atoms with Gasteiger partial charge in [-0.2, -0.15) is 0 Å². The number of aromatic nitrogens is 3. The number of rotatable bonds is 9. The first-order chi connectivity index (χ1) is 18.7. The van der Waals surface area contributed by atoms with Crippen LogP contribution in [0, 0.1) is 5.92 Å². The number of ether oxygens (including phenoxy) is 1. The van der Waals surface area contributed by atoms with Crippen molar-refractivity contribution in [3.05, 3.63) is 53.7 Å². The fourth-order valence-corrected chi connectivity index (χ4v) is 12.9. The van der Waals surface area contributed by atoms with Crippen LogP contribution < -0.4 is 15.4 Å². The van der Waals surface area contributed by atoms with E-state index < -0.39 is 8.32 Å². The molecule has 0 amide bonds. The Balaban J connectivity index is 1.32. The summed E-state index contributed by atoms with van der Waals surface area (Å²) in [5, 5.41) is 9.10. The minimum atomic E-state index is -1.88. The molecule has 3 aromatic rings. The standard InChI is InChI=1S/C31H47N5O2Si/c1-21(2)39(22(3)4,23(5)6)37-20-24-10-9-17-35(18-24)31-34-33-30-16-13-25(19-36(30)31)38-29-15-14-28(32)26-11-7-8-12-27(26)29/h7-8,11-13,16,19,21-24,28-29H,9-10,14-15,17-18,20,32H2,1-6H3/t24-,28+,29-/m1/s1. The average Bonchev–Trinajstić information content (AvgIpc) is 3.34. The second kappa shape index (κ2) is 11.6. The number of nitrogens with two attached hydrogens (primary N) is 1. The topological polar surface area (TPSA) is 77.9 Å². The molecule has 1 aromatic carbocycles. The molecule has 1 aliphatic heterocycles. The number of benzene rings is 1. The molecule has 7 nitrogen and oxygen atoms in total. The fourth-order valence-electron chi connectivity index (χ4n) is 7.36. The molecule has 1 fully saturated rings. The fraction of sp³-hybridized carbons (Fsp3) is 0.613. The summed E-state index contributed by atoms with van der Waals surface area (Å²) in [6, 6.07) is 12.5. The summed E-state index contributed by atoms with van der Waals surface area (Å²) in [5.41, 5.74) is 11.4.